The number of rotatable bonds is 42. The first-order chi connectivity index (χ1) is 40.0. The molecule has 0 amide bonds. The van der Waals surface area contributed by atoms with Gasteiger partial charge in [0.25, 0.3) is 40.5 Å². The minimum Gasteiger partial charge on any atom is -0.382 e. The summed E-state index contributed by atoms with van der Waals surface area (Å²) in [6.45, 7) is 13.7. The van der Waals surface area contributed by atoms with Gasteiger partial charge in [-0.25, -0.2) is 0 Å². The van der Waals surface area contributed by atoms with E-state index in [1.54, 1.807) is 31.4 Å². The lowest BCUT2D eigenvalue weighted by Crippen LogP contribution is -2.29. The van der Waals surface area contributed by atoms with Gasteiger partial charge >= 0.3 is 0 Å². The van der Waals surface area contributed by atoms with E-state index < -0.39 is 56.2 Å². The van der Waals surface area contributed by atoms with Crippen LogP contribution in [0.4, 0.5) is 5.69 Å². The third-order valence-corrected chi connectivity index (χ3v) is 19.2. The molecule has 470 valence electrons. The Labute approximate surface area is 495 Å². The normalized spacial score (nSPS) is 15.2. The van der Waals surface area contributed by atoms with Crippen molar-refractivity contribution in [2.24, 2.45) is 0 Å². The van der Waals surface area contributed by atoms with Gasteiger partial charge in [0.05, 0.1) is 144 Å². The van der Waals surface area contributed by atoms with Crippen LogP contribution >= 0.6 is 0 Å². The molecule has 1 atom stereocenters. The standard InChI is InChI=1S/C57H81NO22S4/c1-43-14-15-46-48(39-44(81(60,61)69-6)41-51(46)83(64,65)71-8)54(43)57(4,19-23-74-28-31-78-34-33-76-26-25-68-5)18-11-10-13-53-56(2,3)55-49-40-45(82(62,63)70-7)42-52(84(66,67)72-9)47(49)16-17-50(55)58(53)20-24-75-29-32-79-36-38-80-37-35-77-30-27-73-22-12-21-59/h10-11,13-17,21,39-42H,12,18-20,22-38H2,1-9H3/b11-10+,53-13+. The molecule has 1 aliphatic heterocycles. The van der Waals surface area contributed by atoms with Crippen LogP contribution in [0.25, 0.3) is 21.5 Å². The van der Waals surface area contributed by atoms with E-state index in [9.17, 15) is 38.5 Å². The molecule has 0 aliphatic carbocycles. The molecule has 5 rings (SSSR count). The molecule has 84 heavy (non-hydrogen) atoms. The van der Waals surface area contributed by atoms with Gasteiger partial charge in [-0.15, -0.1) is 0 Å². The molecule has 0 fully saturated rings. The number of hydrogen-bond donors (Lipinski definition) is 0. The van der Waals surface area contributed by atoms with Gasteiger partial charge in [-0.05, 0) is 89.1 Å². The van der Waals surface area contributed by atoms with Crippen LogP contribution in [0.3, 0.4) is 0 Å². The number of allylic oxidation sites excluding steroid dienone is 4. The quantitative estimate of drug-likeness (QED) is 0.0268. The van der Waals surface area contributed by atoms with Crippen LogP contribution < -0.4 is 4.90 Å². The van der Waals surface area contributed by atoms with Crippen LogP contribution in [-0.2, 0) is 115 Å². The summed E-state index contributed by atoms with van der Waals surface area (Å²) in [4.78, 5) is 10.9. The van der Waals surface area contributed by atoms with Crippen molar-refractivity contribution in [2.45, 2.75) is 77.4 Å². The van der Waals surface area contributed by atoms with Crippen molar-refractivity contribution in [3.8, 4) is 0 Å². The number of aryl methyl sites for hydroxylation is 1. The van der Waals surface area contributed by atoms with E-state index >= 15 is 0 Å². The maximum Gasteiger partial charge on any atom is 0.297 e. The Bertz CT molecular complexity index is 3330. The highest BCUT2D eigenvalue weighted by molar-refractivity contribution is 7.88. The van der Waals surface area contributed by atoms with Crippen LogP contribution in [0, 0.1) is 6.92 Å². The van der Waals surface area contributed by atoms with Crippen LogP contribution in [0.2, 0.25) is 0 Å². The maximum absolute atomic E-state index is 13.5. The molecule has 0 radical (unpaired) electrons. The summed E-state index contributed by atoms with van der Waals surface area (Å²) in [5.41, 5.74) is 1.60. The van der Waals surface area contributed by atoms with E-state index in [-0.39, 0.29) is 65.1 Å². The van der Waals surface area contributed by atoms with Crippen molar-refractivity contribution in [3.05, 3.63) is 89.1 Å². The van der Waals surface area contributed by atoms with Gasteiger partial charge in [-0.1, -0.05) is 51.1 Å². The SMILES string of the molecule is COCCOCCOCCOCCC(C)(C/C=C/C=C1/N(CCOCCOCCOCCOCCOCCC=O)c2ccc3c(S(=O)(=O)OC)cc(S(=O)(=O)OC)cc3c2C1(C)C)c1c(C)ccc2c(S(=O)(=O)OC)cc(S(=O)(=O)OC)cc12. The summed E-state index contributed by atoms with van der Waals surface area (Å²) >= 11 is 0. The Morgan fingerprint density at radius 2 is 0.940 bits per heavy atom. The summed E-state index contributed by atoms with van der Waals surface area (Å²) in [5.74, 6) is 0. The van der Waals surface area contributed by atoms with Gasteiger partial charge in [0.15, 0.2) is 0 Å². The zero-order valence-electron chi connectivity index (χ0n) is 49.3. The van der Waals surface area contributed by atoms with Crippen LogP contribution in [-0.4, -0.2) is 194 Å². The molecule has 4 aromatic rings. The number of carbonyl (C=O) groups is 1. The second-order valence-electron chi connectivity index (χ2n) is 19.9. The fraction of sp³-hybridized carbons (Fsp3) is 0.561. The number of carbonyl (C=O) groups excluding carboxylic acids is 1. The summed E-state index contributed by atoms with van der Waals surface area (Å²) in [6, 6.07) is 11.6. The van der Waals surface area contributed by atoms with Gasteiger partial charge in [0.1, 0.15) is 16.1 Å². The minimum absolute atomic E-state index is 0.208. The van der Waals surface area contributed by atoms with Crippen molar-refractivity contribution in [2.75, 3.05) is 159 Å². The third kappa shape index (κ3) is 18.6. The molecule has 0 spiro atoms. The van der Waals surface area contributed by atoms with E-state index in [1.807, 2.05) is 50.8 Å². The predicted octanol–water partition coefficient (Wildman–Crippen LogP) is 6.29. The highest BCUT2D eigenvalue weighted by Crippen LogP contribution is 2.52. The summed E-state index contributed by atoms with van der Waals surface area (Å²) in [5, 5.41) is 1.13. The number of anilines is 1. The van der Waals surface area contributed by atoms with Gasteiger partial charge in [0.2, 0.25) is 0 Å². The van der Waals surface area contributed by atoms with E-state index in [0.29, 0.717) is 126 Å². The first-order valence-electron chi connectivity index (χ1n) is 27.1. The molecule has 1 unspecified atom stereocenters. The van der Waals surface area contributed by atoms with Crippen molar-refractivity contribution >= 4 is 74.0 Å². The van der Waals surface area contributed by atoms with E-state index in [1.165, 1.54) is 12.1 Å². The van der Waals surface area contributed by atoms with Gasteiger partial charge in [-0.3, -0.25) is 16.7 Å². The second-order valence-corrected chi connectivity index (χ2v) is 26.6. The third-order valence-electron chi connectivity index (χ3n) is 14.0. The predicted molar refractivity (Wildman–Crippen MR) is 313 cm³/mol. The van der Waals surface area contributed by atoms with Crippen molar-refractivity contribution in [1.82, 2.24) is 0 Å². The highest BCUT2D eigenvalue weighted by atomic mass is 32.2. The second kappa shape index (κ2) is 33.1. The molecule has 0 aromatic heterocycles. The fourth-order valence-corrected chi connectivity index (χ4v) is 13.2. The van der Waals surface area contributed by atoms with Gasteiger partial charge < -0.3 is 52.3 Å². The number of methoxy groups -OCH3 is 1. The lowest BCUT2D eigenvalue weighted by Gasteiger charge is -2.33. The van der Waals surface area contributed by atoms with E-state index in [4.69, 9.17) is 59.4 Å². The Hall–Kier alpha value is -4.37. The zero-order chi connectivity index (χ0) is 61.6. The number of fused-ring (bicyclic) bond motifs is 4. The Balaban J connectivity index is 1.50. The smallest absolute Gasteiger partial charge is 0.297 e. The first-order valence-corrected chi connectivity index (χ1v) is 32.8. The Morgan fingerprint density at radius 3 is 1.42 bits per heavy atom. The molecule has 0 bridgehead atoms. The zero-order valence-corrected chi connectivity index (χ0v) is 52.6. The molecule has 1 heterocycles. The van der Waals surface area contributed by atoms with Gasteiger partial charge in [-0.2, -0.15) is 33.7 Å². The summed E-state index contributed by atoms with van der Waals surface area (Å²) < 4.78 is 178. The lowest BCUT2D eigenvalue weighted by molar-refractivity contribution is -0.109. The molecule has 1 aliphatic rings. The average molecular weight is 1260 g/mol. The fourth-order valence-electron chi connectivity index (χ4n) is 9.81. The minimum atomic E-state index is -4.46. The summed E-state index contributed by atoms with van der Waals surface area (Å²) in [6.07, 6.45) is 7.54. The van der Waals surface area contributed by atoms with Crippen molar-refractivity contribution in [3.63, 3.8) is 0 Å². The Morgan fingerprint density at radius 1 is 0.512 bits per heavy atom. The molecule has 4 aromatic carbocycles. The average Bonchev–Trinajstić information content (AvgIpc) is 2.08. The molecule has 0 N–H and O–H groups in total. The van der Waals surface area contributed by atoms with Crippen LogP contribution in [0.15, 0.2) is 92.0 Å². The van der Waals surface area contributed by atoms with E-state index in [0.717, 1.165) is 58.1 Å². The topological polar surface area (TPSA) is 277 Å². The summed E-state index contributed by atoms with van der Waals surface area (Å²) in [7, 11) is -12.2. The highest BCUT2D eigenvalue weighted by Gasteiger charge is 2.42. The first kappa shape index (κ1) is 70.4. The molecule has 27 heteroatoms. The number of ether oxygens (including phenoxy) is 9. The molecule has 0 saturated heterocycles. The lowest BCUT2D eigenvalue weighted by atomic mass is 9.73. The molecular weight excluding hydrogens is 1180 g/mol. The van der Waals surface area contributed by atoms with Crippen molar-refractivity contribution < 1.29 is 97.8 Å². The number of nitrogens with zero attached hydrogens (tertiary/aromatic N) is 1. The largest absolute Gasteiger partial charge is 0.382 e. The molecule has 23 nitrogen and oxygen atoms in total. The van der Waals surface area contributed by atoms with Crippen LogP contribution in [0.1, 0.15) is 56.7 Å². The Kier molecular flexibility index (Phi) is 27.7. The molecular formula is C57H81NO22S4. The van der Waals surface area contributed by atoms with Crippen molar-refractivity contribution in [1.29, 1.82) is 0 Å². The van der Waals surface area contributed by atoms with Gasteiger partial charge in [0, 0.05) is 54.3 Å². The maximum atomic E-state index is 13.5. The van der Waals surface area contributed by atoms with Crippen LogP contribution in [0.5, 0.6) is 0 Å². The number of hydrogen-bond acceptors (Lipinski definition) is 23. The number of aldehydes is 1. The van der Waals surface area contributed by atoms with E-state index in [2.05, 4.69) is 0 Å². The monoisotopic (exact) mass is 1260 g/mol. The molecule has 0 saturated carbocycles. The number of benzene rings is 4.